The van der Waals surface area contributed by atoms with Crippen LogP contribution in [0.3, 0.4) is 0 Å². The number of Topliss-reactive ketones (excluding diaryl/α,β-unsaturated/α-hetero) is 1. The molecular formula is C34H43N3O5. The van der Waals surface area contributed by atoms with Gasteiger partial charge in [-0.2, -0.15) is 5.26 Å². The van der Waals surface area contributed by atoms with Crippen LogP contribution in [0.25, 0.3) is 0 Å². The number of ketones is 2. The second-order valence-corrected chi connectivity index (χ2v) is 15.8. The molecule has 6 rings (SSSR count). The highest BCUT2D eigenvalue weighted by atomic mass is 16.5. The molecule has 0 bridgehead atoms. The van der Waals surface area contributed by atoms with E-state index in [1.807, 2.05) is 26.8 Å². The van der Waals surface area contributed by atoms with Gasteiger partial charge in [0.1, 0.15) is 17.9 Å². The third-order valence-electron chi connectivity index (χ3n) is 13.3. The maximum Gasteiger partial charge on any atom is 0.273 e. The van der Waals surface area contributed by atoms with E-state index in [9.17, 15) is 24.8 Å². The standard InChI is InChI=1S/C34H43N3O5/c1-28(2)22-8-10-32(6)23(31(22,5)17-20(19-35)26(28)39)16-25(38)34(41)24-18-30(4,36-27(40)21-9-15-42-37-21)13-11-29(24,3)12-14-33(32,34)7/h9,15-17,22,24,41H,8,10-14,18H2,1-7H3,(H,36,40)/t22-,24+,29-,30-,31-,32+,33-,34+/m0/s1. The van der Waals surface area contributed by atoms with Crippen LogP contribution in [0.2, 0.25) is 0 Å². The smallest absolute Gasteiger partial charge is 0.273 e. The minimum Gasteiger partial charge on any atom is -0.381 e. The first-order valence-corrected chi connectivity index (χ1v) is 15.3. The molecule has 224 valence electrons. The maximum absolute atomic E-state index is 14.6. The quantitative estimate of drug-likeness (QED) is 0.478. The molecule has 1 amide bonds. The molecule has 42 heavy (non-hydrogen) atoms. The third-order valence-corrected chi connectivity index (χ3v) is 13.3. The Bertz CT molecular complexity index is 1500. The molecule has 8 atom stereocenters. The first-order valence-electron chi connectivity index (χ1n) is 15.3. The summed E-state index contributed by atoms with van der Waals surface area (Å²) in [5.74, 6) is -1.18. The van der Waals surface area contributed by atoms with Gasteiger partial charge in [0.05, 0.1) is 5.57 Å². The molecule has 0 unspecified atom stereocenters. The van der Waals surface area contributed by atoms with Crippen molar-refractivity contribution in [1.82, 2.24) is 10.5 Å². The first-order chi connectivity index (χ1) is 19.4. The van der Waals surface area contributed by atoms with E-state index in [2.05, 4.69) is 44.2 Å². The Labute approximate surface area is 248 Å². The Balaban J connectivity index is 1.46. The molecule has 1 aromatic heterocycles. The van der Waals surface area contributed by atoms with Crippen molar-refractivity contribution in [3.8, 4) is 6.07 Å². The Morgan fingerprint density at radius 2 is 1.74 bits per heavy atom. The van der Waals surface area contributed by atoms with Crippen LogP contribution in [0.1, 0.15) is 104 Å². The number of nitrogens with one attached hydrogen (secondary N) is 1. The van der Waals surface area contributed by atoms with Crippen molar-refractivity contribution >= 4 is 17.5 Å². The zero-order valence-electron chi connectivity index (χ0n) is 25.9. The fraction of sp³-hybridized carbons (Fsp3) is 0.676. The van der Waals surface area contributed by atoms with Crippen molar-refractivity contribution in [2.45, 2.75) is 105 Å². The molecule has 8 nitrogen and oxygen atoms in total. The lowest BCUT2D eigenvalue weighted by Crippen LogP contribution is -2.74. The zero-order valence-corrected chi connectivity index (χ0v) is 25.9. The molecule has 0 radical (unpaired) electrons. The Morgan fingerprint density at radius 1 is 1.05 bits per heavy atom. The van der Waals surface area contributed by atoms with Crippen LogP contribution in [0, 0.1) is 50.2 Å². The van der Waals surface area contributed by atoms with E-state index >= 15 is 0 Å². The molecule has 1 heterocycles. The molecule has 0 aromatic carbocycles. The lowest BCUT2D eigenvalue weighted by molar-refractivity contribution is -0.240. The van der Waals surface area contributed by atoms with Gasteiger partial charge in [0.15, 0.2) is 17.3 Å². The molecule has 2 N–H and O–H groups in total. The lowest BCUT2D eigenvalue weighted by atomic mass is 9.33. The Kier molecular flexibility index (Phi) is 5.90. The Hall–Kier alpha value is -3.05. The lowest BCUT2D eigenvalue weighted by Gasteiger charge is -2.71. The van der Waals surface area contributed by atoms with Gasteiger partial charge in [0.25, 0.3) is 5.91 Å². The van der Waals surface area contributed by atoms with Crippen LogP contribution in [-0.4, -0.2) is 38.9 Å². The third kappa shape index (κ3) is 3.38. The molecule has 1 aromatic rings. The molecule has 5 aliphatic carbocycles. The number of carbonyl (C=O) groups is 3. The fourth-order valence-corrected chi connectivity index (χ4v) is 10.5. The number of nitriles is 1. The second kappa shape index (κ2) is 8.53. The number of allylic oxidation sites excluding steroid dienone is 3. The molecule has 3 saturated carbocycles. The van der Waals surface area contributed by atoms with Gasteiger partial charge in [0, 0.05) is 33.8 Å². The van der Waals surface area contributed by atoms with Gasteiger partial charge in [-0.1, -0.05) is 52.8 Å². The second-order valence-electron chi connectivity index (χ2n) is 15.8. The number of nitrogens with zero attached hydrogens (tertiary/aromatic N) is 2. The minimum absolute atomic E-state index is 0.0601. The summed E-state index contributed by atoms with van der Waals surface area (Å²) in [4.78, 5) is 40.9. The fourth-order valence-electron chi connectivity index (χ4n) is 10.5. The summed E-state index contributed by atoms with van der Waals surface area (Å²) in [6, 6.07) is 3.67. The van der Waals surface area contributed by atoms with Crippen molar-refractivity contribution in [1.29, 1.82) is 5.26 Å². The summed E-state index contributed by atoms with van der Waals surface area (Å²) in [5.41, 5.74) is -3.96. The monoisotopic (exact) mass is 573 g/mol. The van der Waals surface area contributed by atoms with E-state index in [1.165, 1.54) is 12.3 Å². The maximum atomic E-state index is 14.6. The van der Waals surface area contributed by atoms with E-state index in [1.54, 1.807) is 6.08 Å². The summed E-state index contributed by atoms with van der Waals surface area (Å²) in [7, 11) is 0. The summed E-state index contributed by atoms with van der Waals surface area (Å²) < 4.78 is 4.87. The number of hydrogen-bond acceptors (Lipinski definition) is 7. The average Bonchev–Trinajstić information content (AvgIpc) is 3.47. The molecule has 3 fully saturated rings. The number of rotatable bonds is 2. The van der Waals surface area contributed by atoms with Crippen LogP contribution in [-0.2, 0) is 9.59 Å². The highest BCUT2D eigenvalue weighted by Gasteiger charge is 2.75. The van der Waals surface area contributed by atoms with Crippen LogP contribution in [0.4, 0.5) is 0 Å². The average molecular weight is 574 g/mol. The van der Waals surface area contributed by atoms with Crippen molar-refractivity contribution in [3.63, 3.8) is 0 Å². The number of fused-ring (bicyclic) bond motifs is 7. The summed E-state index contributed by atoms with van der Waals surface area (Å²) in [5, 5.41) is 29.9. The van der Waals surface area contributed by atoms with Crippen molar-refractivity contribution in [2.75, 3.05) is 0 Å². The number of aromatic nitrogens is 1. The number of carbonyl (C=O) groups excluding carboxylic acids is 3. The summed E-state index contributed by atoms with van der Waals surface area (Å²) in [6.45, 7) is 14.4. The normalized spacial score (nSPS) is 45.7. The van der Waals surface area contributed by atoms with E-state index in [0.29, 0.717) is 12.8 Å². The van der Waals surface area contributed by atoms with E-state index < -0.39 is 32.8 Å². The summed E-state index contributed by atoms with van der Waals surface area (Å²) >= 11 is 0. The van der Waals surface area contributed by atoms with E-state index in [4.69, 9.17) is 4.52 Å². The number of amides is 1. The van der Waals surface area contributed by atoms with Gasteiger partial charge >= 0.3 is 0 Å². The topological polar surface area (TPSA) is 133 Å². The van der Waals surface area contributed by atoms with Crippen LogP contribution in [0.5, 0.6) is 0 Å². The molecule has 0 spiro atoms. The first kappa shape index (κ1) is 29.0. The van der Waals surface area contributed by atoms with Gasteiger partial charge in [0.2, 0.25) is 0 Å². The Morgan fingerprint density at radius 3 is 2.38 bits per heavy atom. The summed E-state index contributed by atoms with van der Waals surface area (Å²) in [6.07, 6.45) is 9.89. The van der Waals surface area contributed by atoms with Gasteiger partial charge in [-0.3, -0.25) is 14.4 Å². The zero-order chi connectivity index (χ0) is 30.7. The molecule has 8 heteroatoms. The molecular weight excluding hydrogens is 530 g/mol. The van der Waals surface area contributed by atoms with Crippen molar-refractivity contribution in [2.24, 2.45) is 38.9 Å². The van der Waals surface area contributed by atoms with Crippen LogP contribution in [0.15, 0.2) is 40.2 Å². The van der Waals surface area contributed by atoms with Gasteiger partial charge in [-0.25, -0.2) is 0 Å². The molecule has 5 aliphatic rings. The predicted molar refractivity (Wildman–Crippen MR) is 155 cm³/mol. The van der Waals surface area contributed by atoms with Crippen molar-refractivity contribution in [3.05, 3.63) is 41.3 Å². The SMILES string of the molecule is CC1(C)C(=O)C(C#N)=C[C@]2(C)C3=CC(=O)[C@]4(O)[C@@H]5C[C@@](C)(NC(=O)c6ccon6)CC[C@@]5(C)CC[C@@]4(C)[C@]3(C)CC[C@@H]12. The predicted octanol–water partition coefficient (Wildman–Crippen LogP) is 5.49. The highest BCUT2D eigenvalue weighted by molar-refractivity contribution is 6.05. The van der Waals surface area contributed by atoms with E-state index in [-0.39, 0.29) is 46.0 Å². The number of aliphatic hydroxyl groups is 1. The van der Waals surface area contributed by atoms with E-state index in [0.717, 1.165) is 37.7 Å². The largest absolute Gasteiger partial charge is 0.381 e. The van der Waals surface area contributed by atoms with Gasteiger partial charge in [-0.15, -0.1) is 0 Å². The van der Waals surface area contributed by atoms with Gasteiger partial charge < -0.3 is 14.9 Å². The highest BCUT2D eigenvalue weighted by Crippen LogP contribution is 2.75. The molecule has 0 aliphatic heterocycles. The molecule has 0 saturated heterocycles. The van der Waals surface area contributed by atoms with Crippen LogP contribution < -0.4 is 5.32 Å². The van der Waals surface area contributed by atoms with Crippen LogP contribution >= 0.6 is 0 Å². The number of hydrogen-bond donors (Lipinski definition) is 2. The van der Waals surface area contributed by atoms with Crippen molar-refractivity contribution < 1.29 is 24.0 Å². The van der Waals surface area contributed by atoms with Gasteiger partial charge in [-0.05, 0) is 80.3 Å². The minimum atomic E-state index is -1.64.